The molecule has 2 N–H and O–H groups in total. The van der Waals surface area contributed by atoms with E-state index in [1.54, 1.807) is 18.0 Å². The fraction of sp³-hybridized carbons (Fsp3) is 0.333. The average molecular weight is 371 g/mol. The molecule has 0 heterocycles. The van der Waals surface area contributed by atoms with Crippen molar-refractivity contribution >= 4 is 23.9 Å². The Hall–Kier alpha value is -2.11. The summed E-state index contributed by atoms with van der Waals surface area (Å²) >= 11 is 1.56. The van der Waals surface area contributed by atoms with Gasteiger partial charge in [0.1, 0.15) is 5.60 Å². The van der Waals surface area contributed by atoms with Gasteiger partial charge >= 0.3 is 5.97 Å². The molecular weight excluding hydrogens is 344 g/mol. The van der Waals surface area contributed by atoms with Gasteiger partial charge in [-0.25, -0.2) is 4.79 Å². The van der Waals surface area contributed by atoms with Crippen LogP contribution >= 0.6 is 11.8 Å². The van der Waals surface area contributed by atoms with Crippen molar-refractivity contribution < 1.29 is 9.53 Å². The van der Waals surface area contributed by atoms with Crippen LogP contribution in [0.4, 0.5) is 0 Å². The number of carbonyl (C=O) groups is 1. The molecular formula is C21H26N2O2S. The SMILES string of the molecule is CC(C)(C)OC(=O)C(N)(CSCc1ccccc1)/N=C/c1ccccc1. The minimum absolute atomic E-state index is 0.333. The van der Waals surface area contributed by atoms with E-state index in [0.717, 1.165) is 11.3 Å². The van der Waals surface area contributed by atoms with Gasteiger partial charge in [-0.2, -0.15) is 11.8 Å². The Labute approximate surface area is 159 Å². The number of rotatable bonds is 7. The molecule has 26 heavy (non-hydrogen) atoms. The standard InChI is InChI=1S/C21H26N2O2S/c1-20(2,3)25-19(24)21(22,23-14-17-10-6-4-7-11-17)16-26-15-18-12-8-5-9-13-18/h4-14H,15-16,22H2,1-3H3/b23-14+. The van der Waals surface area contributed by atoms with Gasteiger partial charge < -0.3 is 4.74 Å². The highest BCUT2D eigenvalue weighted by Gasteiger charge is 2.37. The second kappa shape index (κ2) is 9.01. The van der Waals surface area contributed by atoms with Gasteiger partial charge in [0.05, 0.1) is 0 Å². The molecule has 0 aliphatic rings. The Morgan fingerprint density at radius 3 is 2.23 bits per heavy atom. The Kier molecular flexibility index (Phi) is 7.00. The van der Waals surface area contributed by atoms with Gasteiger partial charge in [-0.05, 0) is 31.9 Å². The van der Waals surface area contributed by atoms with Crippen LogP contribution in [0.5, 0.6) is 0 Å². The largest absolute Gasteiger partial charge is 0.457 e. The lowest BCUT2D eigenvalue weighted by atomic mass is 10.1. The topological polar surface area (TPSA) is 64.7 Å². The average Bonchev–Trinajstić information content (AvgIpc) is 2.60. The zero-order chi connectivity index (χ0) is 19.0. The van der Waals surface area contributed by atoms with E-state index in [0.29, 0.717) is 5.75 Å². The van der Waals surface area contributed by atoms with Crippen molar-refractivity contribution in [2.45, 2.75) is 37.8 Å². The van der Waals surface area contributed by atoms with Crippen molar-refractivity contribution in [1.82, 2.24) is 0 Å². The quantitative estimate of drug-likeness (QED) is 0.590. The molecule has 0 bridgehead atoms. The highest BCUT2D eigenvalue weighted by Crippen LogP contribution is 2.21. The maximum absolute atomic E-state index is 12.7. The molecule has 2 aromatic carbocycles. The van der Waals surface area contributed by atoms with Crippen LogP contribution in [0.2, 0.25) is 0 Å². The number of hydrogen-bond acceptors (Lipinski definition) is 5. The number of benzene rings is 2. The van der Waals surface area contributed by atoms with Gasteiger partial charge in [-0.15, -0.1) is 0 Å². The van der Waals surface area contributed by atoms with Crippen LogP contribution in [-0.2, 0) is 15.3 Å². The van der Waals surface area contributed by atoms with Crippen LogP contribution in [0, 0.1) is 0 Å². The van der Waals surface area contributed by atoms with Crippen molar-refractivity contribution in [2.24, 2.45) is 10.7 Å². The lowest BCUT2D eigenvalue weighted by molar-refractivity contribution is -0.160. The third kappa shape index (κ3) is 6.65. The van der Waals surface area contributed by atoms with Gasteiger partial charge in [0.2, 0.25) is 5.66 Å². The molecule has 0 aromatic heterocycles. The van der Waals surface area contributed by atoms with E-state index in [1.807, 2.05) is 81.4 Å². The van der Waals surface area contributed by atoms with E-state index in [4.69, 9.17) is 10.5 Å². The predicted octanol–water partition coefficient (Wildman–Crippen LogP) is 4.04. The minimum atomic E-state index is -1.43. The molecule has 0 amide bonds. The summed E-state index contributed by atoms with van der Waals surface area (Å²) in [5.41, 5.74) is 6.39. The first-order valence-corrected chi connectivity index (χ1v) is 9.68. The summed E-state index contributed by atoms with van der Waals surface area (Å²) in [6.45, 7) is 5.47. The Morgan fingerprint density at radius 2 is 1.65 bits per heavy atom. The zero-order valence-electron chi connectivity index (χ0n) is 15.5. The first-order valence-electron chi connectivity index (χ1n) is 8.53. The van der Waals surface area contributed by atoms with Crippen molar-refractivity contribution in [3.8, 4) is 0 Å². The number of esters is 1. The van der Waals surface area contributed by atoms with Gasteiger partial charge in [0, 0.05) is 17.7 Å². The second-order valence-electron chi connectivity index (χ2n) is 7.07. The number of carbonyl (C=O) groups excluding carboxylic acids is 1. The molecule has 1 atom stereocenters. The highest BCUT2D eigenvalue weighted by molar-refractivity contribution is 7.98. The van der Waals surface area contributed by atoms with Crippen LogP contribution in [0.15, 0.2) is 65.7 Å². The Bertz CT molecular complexity index is 727. The van der Waals surface area contributed by atoms with Crippen LogP contribution in [0.3, 0.4) is 0 Å². The van der Waals surface area contributed by atoms with Gasteiger partial charge in [-0.3, -0.25) is 10.7 Å². The molecule has 5 heteroatoms. The summed E-state index contributed by atoms with van der Waals surface area (Å²) < 4.78 is 5.50. The highest BCUT2D eigenvalue weighted by atomic mass is 32.2. The molecule has 0 spiro atoms. The van der Waals surface area contributed by atoms with Crippen LogP contribution in [0.25, 0.3) is 0 Å². The molecule has 4 nitrogen and oxygen atoms in total. The van der Waals surface area contributed by atoms with Crippen molar-refractivity contribution in [3.63, 3.8) is 0 Å². The monoisotopic (exact) mass is 370 g/mol. The molecule has 1 unspecified atom stereocenters. The predicted molar refractivity (Wildman–Crippen MR) is 109 cm³/mol. The summed E-state index contributed by atoms with van der Waals surface area (Å²) in [6.07, 6.45) is 1.63. The fourth-order valence-electron chi connectivity index (χ4n) is 2.14. The first-order chi connectivity index (χ1) is 12.3. The van der Waals surface area contributed by atoms with Gasteiger partial charge in [0.25, 0.3) is 0 Å². The number of thioether (sulfide) groups is 1. The molecule has 0 saturated heterocycles. The summed E-state index contributed by atoms with van der Waals surface area (Å²) in [5, 5.41) is 0. The Balaban J connectivity index is 2.11. The summed E-state index contributed by atoms with van der Waals surface area (Å²) in [7, 11) is 0. The molecule has 0 aliphatic heterocycles. The van der Waals surface area contributed by atoms with E-state index in [1.165, 1.54) is 5.56 Å². The summed E-state index contributed by atoms with van der Waals surface area (Å²) in [5.74, 6) is 0.571. The third-order valence-corrected chi connectivity index (χ3v) is 4.61. The number of nitrogens with zero attached hydrogens (tertiary/aromatic N) is 1. The fourth-order valence-corrected chi connectivity index (χ4v) is 3.18. The lowest BCUT2D eigenvalue weighted by Crippen LogP contribution is -2.51. The normalized spacial score (nSPS) is 14.2. The van der Waals surface area contributed by atoms with Crippen molar-refractivity contribution in [2.75, 3.05) is 5.75 Å². The molecule has 0 fully saturated rings. The smallest absolute Gasteiger partial charge is 0.350 e. The second-order valence-corrected chi connectivity index (χ2v) is 8.06. The Morgan fingerprint density at radius 1 is 1.08 bits per heavy atom. The molecule has 2 aromatic rings. The first kappa shape index (κ1) is 20.2. The van der Waals surface area contributed by atoms with E-state index < -0.39 is 17.2 Å². The van der Waals surface area contributed by atoms with Crippen LogP contribution in [-0.4, -0.2) is 29.2 Å². The summed E-state index contributed by atoms with van der Waals surface area (Å²) in [4.78, 5) is 17.1. The van der Waals surface area contributed by atoms with Crippen LogP contribution < -0.4 is 5.73 Å². The number of ether oxygens (including phenoxy) is 1. The summed E-state index contributed by atoms with van der Waals surface area (Å²) in [6, 6.07) is 19.6. The van der Waals surface area contributed by atoms with Crippen molar-refractivity contribution in [1.29, 1.82) is 0 Å². The zero-order valence-corrected chi connectivity index (χ0v) is 16.3. The van der Waals surface area contributed by atoms with Gasteiger partial charge in [-0.1, -0.05) is 60.7 Å². The molecule has 138 valence electrons. The molecule has 0 aliphatic carbocycles. The maximum Gasteiger partial charge on any atom is 0.350 e. The molecule has 0 radical (unpaired) electrons. The van der Waals surface area contributed by atoms with E-state index in [9.17, 15) is 4.79 Å². The molecule has 0 saturated carbocycles. The van der Waals surface area contributed by atoms with E-state index in [2.05, 4.69) is 4.99 Å². The van der Waals surface area contributed by atoms with E-state index >= 15 is 0 Å². The molecule has 2 rings (SSSR count). The van der Waals surface area contributed by atoms with Gasteiger partial charge in [0.15, 0.2) is 0 Å². The van der Waals surface area contributed by atoms with Crippen LogP contribution in [0.1, 0.15) is 31.9 Å². The van der Waals surface area contributed by atoms with E-state index in [-0.39, 0.29) is 0 Å². The lowest BCUT2D eigenvalue weighted by Gasteiger charge is -2.28. The maximum atomic E-state index is 12.7. The number of aliphatic imine (C=N–C) groups is 1. The minimum Gasteiger partial charge on any atom is -0.457 e. The number of nitrogens with two attached hydrogens (primary N) is 1. The number of hydrogen-bond donors (Lipinski definition) is 1. The third-order valence-electron chi connectivity index (χ3n) is 3.43. The van der Waals surface area contributed by atoms with Crippen molar-refractivity contribution in [3.05, 3.63) is 71.8 Å².